The molecule has 0 atom stereocenters. The first-order valence-electron chi connectivity index (χ1n) is 7.01. The highest BCUT2D eigenvalue weighted by molar-refractivity contribution is 7.89. The molecule has 0 saturated heterocycles. The summed E-state index contributed by atoms with van der Waals surface area (Å²) in [5, 5.41) is 9.04. The van der Waals surface area contributed by atoms with E-state index in [0.717, 1.165) is 5.56 Å². The Balaban J connectivity index is 2.23. The minimum atomic E-state index is -3.74. The standard InChI is InChI=1S/C16H18N2O4S/c1-12-3-4-14(16(19)20)11-15(12)23(21,22)18(2)10-7-13-5-8-17-9-6-13/h3-6,8-9,11H,7,10H2,1-2H3,(H,19,20). The summed E-state index contributed by atoms with van der Waals surface area (Å²) in [6, 6.07) is 7.77. The van der Waals surface area contributed by atoms with E-state index >= 15 is 0 Å². The SMILES string of the molecule is Cc1ccc(C(=O)O)cc1S(=O)(=O)N(C)CCc1ccncc1. The normalized spacial score (nSPS) is 11.6. The Bertz CT molecular complexity index is 804. The van der Waals surface area contributed by atoms with Gasteiger partial charge >= 0.3 is 5.97 Å². The quantitative estimate of drug-likeness (QED) is 0.872. The lowest BCUT2D eigenvalue weighted by molar-refractivity contribution is 0.0696. The van der Waals surface area contributed by atoms with Crippen LogP contribution >= 0.6 is 0 Å². The lowest BCUT2D eigenvalue weighted by atomic mass is 10.1. The molecule has 0 bridgehead atoms. The van der Waals surface area contributed by atoms with Crippen LogP contribution in [0.3, 0.4) is 0 Å². The van der Waals surface area contributed by atoms with E-state index in [0.29, 0.717) is 18.5 Å². The Hall–Kier alpha value is -2.25. The van der Waals surface area contributed by atoms with E-state index in [1.54, 1.807) is 19.3 Å². The highest BCUT2D eigenvalue weighted by Gasteiger charge is 2.23. The zero-order valence-corrected chi connectivity index (χ0v) is 13.7. The number of carboxylic acids is 1. The number of sulfonamides is 1. The van der Waals surface area contributed by atoms with E-state index in [9.17, 15) is 13.2 Å². The Morgan fingerprint density at radius 2 is 1.87 bits per heavy atom. The molecule has 1 aromatic heterocycles. The van der Waals surface area contributed by atoms with Crippen molar-refractivity contribution < 1.29 is 18.3 Å². The van der Waals surface area contributed by atoms with Crippen molar-refractivity contribution >= 4 is 16.0 Å². The summed E-state index contributed by atoms with van der Waals surface area (Å²) in [4.78, 5) is 15.0. The second-order valence-electron chi connectivity index (χ2n) is 5.22. The zero-order valence-electron chi connectivity index (χ0n) is 12.9. The van der Waals surface area contributed by atoms with Gasteiger partial charge < -0.3 is 5.11 Å². The minimum Gasteiger partial charge on any atom is -0.478 e. The van der Waals surface area contributed by atoms with Gasteiger partial charge in [0.05, 0.1) is 10.5 Å². The van der Waals surface area contributed by atoms with Crippen LogP contribution in [0.4, 0.5) is 0 Å². The van der Waals surface area contributed by atoms with Gasteiger partial charge in [-0.1, -0.05) is 6.07 Å². The van der Waals surface area contributed by atoms with E-state index in [4.69, 9.17) is 5.11 Å². The van der Waals surface area contributed by atoms with Gasteiger partial charge in [-0.05, 0) is 48.7 Å². The molecule has 122 valence electrons. The maximum absolute atomic E-state index is 12.7. The molecule has 0 fully saturated rings. The number of likely N-dealkylation sites (N-methyl/N-ethyl adjacent to an activating group) is 1. The predicted octanol–water partition coefficient (Wildman–Crippen LogP) is 1.95. The Morgan fingerprint density at radius 3 is 2.48 bits per heavy atom. The van der Waals surface area contributed by atoms with Gasteiger partial charge in [0.1, 0.15) is 0 Å². The van der Waals surface area contributed by atoms with Crippen molar-refractivity contribution in [3.63, 3.8) is 0 Å². The summed E-state index contributed by atoms with van der Waals surface area (Å²) in [5.41, 5.74) is 1.46. The molecule has 0 radical (unpaired) electrons. The molecule has 1 aromatic carbocycles. The molecule has 1 N–H and O–H groups in total. The summed E-state index contributed by atoms with van der Waals surface area (Å²) in [6.07, 6.45) is 3.87. The van der Waals surface area contributed by atoms with Crippen molar-refractivity contribution in [2.75, 3.05) is 13.6 Å². The molecule has 2 rings (SSSR count). The maximum atomic E-state index is 12.7. The Labute approximate surface area is 135 Å². The van der Waals surface area contributed by atoms with E-state index in [1.807, 2.05) is 12.1 Å². The summed E-state index contributed by atoms with van der Waals surface area (Å²) in [6.45, 7) is 1.94. The Morgan fingerprint density at radius 1 is 1.22 bits per heavy atom. The average Bonchev–Trinajstić information content (AvgIpc) is 2.53. The molecule has 6 nitrogen and oxygen atoms in total. The lowest BCUT2D eigenvalue weighted by Gasteiger charge is -2.19. The molecule has 0 spiro atoms. The number of nitrogens with zero attached hydrogens (tertiary/aromatic N) is 2. The number of aryl methyl sites for hydroxylation is 1. The topological polar surface area (TPSA) is 87.6 Å². The molecule has 0 aliphatic carbocycles. The van der Waals surface area contributed by atoms with Crippen molar-refractivity contribution in [2.24, 2.45) is 0 Å². The fourth-order valence-electron chi connectivity index (χ4n) is 2.14. The molecule has 0 unspecified atom stereocenters. The number of carbonyl (C=O) groups is 1. The summed E-state index contributed by atoms with van der Waals surface area (Å²) >= 11 is 0. The van der Waals surface area contributed by atoms with Gasteiger partial charge in [0.15, 0.2) is 0 Å². The maximum Gasteiger partial charge on any atom is 0.335 e. The molecule has 2 aromatic rings. The second kappa shape index (κ2) is 6.89. The van der Waals surface area contributed by atoms with Crippen LogP contribution in [0.2, 0.25) is 0 Å². The first-order chi connectivity index (χ1) is 10.8. The number of aromatic nitrogens is 1. The minimum absolute atomic E-state index is 0.0228. The van der Waals surface area contributed by atoms with Crippen LogP contribution in [-0.4, -0.2) is 42.4 Å². The van der Waals surface area contributed by atoms with Crippen molar-refractivity contribution in [2.45, 2.75) is 18.2 Å². The van der Waals surface area contributed by atoms with Gasteiger partial charge in [-0.15, -0.1) is 0 Å². The molecule has 0 aliphatic heterocycles. The molecule has 0 saturated carbocycles. The Kier molecular flexibility index (Phi) is 5.12. The van der Waals surface area contributed by atoms with Gasteiger partial charge in [-0.3, -0.25) is 4.98 Å². The third kappa shape index (κ3) is 3.94. The van der Waals surface area contributed by atoms with Crippen molar-refractivity contribution in [3.8, 4) is 0 Å². The highest BCUT2D eigenvalue weighted by atomic mass is 32.2. The summed E-state index contributed by atoms with van der Waals surface area (Å²) in [5.74, 6) is -1.15. The average molecular weight is 334 g/mol. The van der Waals surface area contributed by atoms with Crippen LogP contribution in [-0.2, 0) is 16.4 Å². The zero-order chi connectivity index (χ0) is 17.0. The van der Waals surface area contributed by atoms with Gasteiger partial charge in [-0.2, -0.15) is 0 Å². The third-order valence-corrected chi connectivity index (χ3v) is 5.59. The van der Waals surface area contributed by atoms with Crippen molar-refractivity contribution in [1.82, 2.24) is 9.29 Å². The smallest absolute Gasteiger partial charge is 0.335 e. The first kappa shape index (κ1) is 17.1. The number of benzene rings is 1. The number of rotatable bonds is 6. The lowest BCUT2D eigenvalue weighted by Crippen LogP contribution is -2.29. The molecule has 0 aliphatic rings. The van der Waals surface area contributed by atoms with Gasteiger partial charge in [0.2, 0.25) is 10.0 Å². The largest absolute Gasteiger partial charge is 0.478 e. The van der Waals surface area contributed by atoms with Crippen LogP contribution in [0.1, 0.15) is 21.5 Å². The van der Waals surface area contributed by atoms with Crippen LogP contribution in [0, 0.1) is 6.92 Å². The van der Waals surface area contributed by atoms with Crippen molar-refractivity contribution in [1.29, 1.82) is 0 Å². The number of pyridine rings is 1. The number of hydrogen-bond acceptors (Lipinski definition) is 4. The van der Waals surface area contributed by atoms with Gasteiger partial charge in [0.25, 0.3) is 0 Å². The van der Waals surface area contributed by atoms with Crippen LogP contribution in [0.15, 0.2) is 47.6 Å². The number of hydrogen-bond donors (Lipinski definition) is 1. The van der Waals surface area contributed by atoms with E-state index in [1.165, 1.54) is 29.6 Å². The van der Waals surface area contributed by atoms with Gasteiger partial charge in [-0.25, -0.2) is 17.5 Å². The third-order valence-electron chi connectivity index (χ3n) is 3.59. The number of carboxylic acid groups (broad SMARTS) is 1. The fraction of sp³-hybridized carbons (Fsp3) is 0.250. The van der Waals surface area contributed by atoms with Crippen molar-refractivity contribution in [3.05, 3.63) is 59.4 Å². The number of aromatic carboxylic acids is 1. The summed E-state index contributed by atoms with van der Waals surface area (Å²) in [7, 11) is -2.25. The molecule has 7 heteroatoms. The van der Waals surface area contributed by atoms with Crippen LogP contribution in [0.5, 0.6) is 0 Å². The molecule has 1 heterocycles. The highest BCUT2D eigenvalue weighted by Crippen LogP contribution is 2.21. The summed E-state index contributed by atoms with van der Waals surface area (Å²) < 4.78 is 26.6. The first-order valence-corrected chi connectivity index (χ1v) is 8.45. The fourth-order valence-corrected chi connectivity index (χ4v) is 3.55. The molecular formula is C16H18N2O4S. The van der Waals surface area contributed by atoms with Crippen LogP contribution in [0.25, 0.3) is 0 Å². The van der Waals surface area contributed by atoms with Crippen LogP contribution < -0.4 is 0 Å². The predicted molar refractivity (Wildman–Crippen MR) is 85.9 cm³/mol. The molecular weight excluding hydrogens is 316 g/mol. The van der Waals surface area contributed by atoms with E-state index in [2.05, 4.69) is 4.98 Å². The van der Waals surface area contributed by atoms with Gasteiger partial charge in [0, 0.05) is 26.0 Å². The monoisotopic (exact) mass is 334 g/mol. The van der Waals surface area contributed by atoms with E-state index in [-0.39, 0.29) is 10.5 Å². The molecule has 23 heavy (non-hydrogen) atoms. The van der Waals surface area contributed by atoms with E-state index < -0.39 is 16.0 Å². The molecule has 0 amide bonds. The second-order valence-corrected chi connectivity index (χ2v) is 7.23.